The highest BCUT2D eigenvalue weighted by atomic mass is 16.6. The van der Waals surface area contributed by atoms with E-state index in [1.807, 2.05) is 17.2 Å². The third-order valence-corrected chi connectivity index (χ3v) is 15.3. The van der Waals surface area contributed by atoms with Crippen LogP contribution in [0.25, 0.3) is 33.4 Å². The molecule has 2 aliphatic carbocycles. The van der Waals surface area contributed by atoms with Gasteiger partial charge >= 0.3 is 12.1 Å². The number of methoxy groups -OCH3 is 1. The number of hydrogen-bond acceptors (Lipinski definition) is 14. The molecule has 5 fully saturated rings. The number of benzene rings is 1. The standard InChI is InChI=1S/C52H71N7O10/c1-49(2,3)69-48(63)55-42(47(61)62)44(58-26-52(27-58)29-65-30-52)46-54-37(25-67-46)31-9-12-38-35(21-31)39-40(50(4,5)28-60)45(64-8)41-36(22-33(24-53-41)57-16-14-56(15-17-57)32-10-11-32)43(39)59(38)18-20-66-34-13-19-68-51(6,7)23-34/h9,12,21-22,24-25,32,34,40,42,44-45,60H,10-11,13-20,23,26-30H2,1-8H3,(H,55,63)(H,61,62)/t34-,40?,42-,44?,45-/m0/s1. The van der Waals surface area contributed by atoms with Crippen LogP contribution in [0.5, 0.6) is 0 Å². The number of rotatable bonds is 15. The van der Waals surface area contributed by atoms with Gasteiger partial charge in [0.1, 0.15) is 29.7 Å². The fraction of sp³-hybridized carbons (Fsp3) is 0.654. The molecule has 0 radical (unpaired) electrons. The molecule has 4 aromatic rings. The summed E-state index contributed by atoms with van der Waals surface area (Å²) in [6, 6.07) is 6.94. The van der Waals surface area contributed by atoms with E-state index < -0.39 is 41.3 Å². The summed E-state index contributed by atoms with van der Waals surface area (Å²) in [6.45, 7) is 21.4. The summed E-state index contributed by atoms with van der Waals surface area (Å²) >= 11 is 0. The molecule has 1 aromatic carbocycles. The number of aliphatic hydroxyl groups excluding tert-OH is 1. The Morgan fingerprint density at radius 2 is 1.78 bits per heavy atom. The summed E-state index contributed by atoms with van der Waals surface area (Å²) in [7, 11) is 1.73. The van der Waals surface area contributed by atoms with Crippen molar-refractivity contribution in [3.63, 3.8) is 0 Å². The molecule has 17 heteroatoms. The van der Waals surface area contributed by atoms with Crippen molar-refractivity contribution in [2.45, 2.75) is 128 Å². The number of alkyl carbamates (subject to hydrolysis) is 1. The molecular weight excluding hydrogens is 883 g/mol. The third kappa shape index (κ3) is 9.40. The number of amides is 1. The lowest BCUT2D eigenvalue weighted by Gasteiger charge is -2.57. The van der Waals surface area contributed by atoms with Gasteiger partial charge in [0.15, 0.2) is 6.04 Å². The quantitative estimate of drug-likeness (QED) is 0.113. The first-order valence-corrected chi connectivity index (χ1v) is 24.9. The Kier molecular flexibility index (Phi) is 12.7. The number of nitrogens with one attached hydrogen (secondary N) is 1. The highest BCUT2D eigenvalue weighted by Crippen LogP contribution is 2.57. The highest BCUT2D eigenvalue weighted by Gasteiger charge is 2.55. The van der Waals surface area contributed by atoms with E-state index in [9.17, 15) is 19.8 Å². The second-order valence-electron chi connectivity index (χ2n) is 22.8. The fourth-order valence-electron chi connectivity index (χ4n) is 11.7. The number of carboxylic acids is 1. The number of pyridine rings is 1. The van der Waals surface area contributed by atoms with Crippen LogP contribution in [0.3, 0.4) is 0 Å². The second-order valence-corrected chi connectivity index (χ2v) is 22.8. The lowest BCUT2D eigenvalue weighted by molar-refractivity contribution is -0.204. The monoisotopic (exact) mass is 954 g/mol. The van der Waals surface area contributed by atoms with Crippen LogP contribution in [0, 0.1) is 10.8 Å². The molecular formula is C52H71N7O10. The van der Waals surface area contributed by atoms with E-state index in [-0.39, 0.29) is 35.5 Å². The summed E-state index contributed by atoms with van der Waals surface area (Å²) in [6.07, 6.45) is 6.55. The van der Waals surface area contributed by atoms with Crippen molar-refractivity contribution < 1.29 is 47.9 Å². The van der Waals surface area contributed by atoms with Gasteiger partial charge in [-0.25, -0.2) is 14.6 Å². The lowest BCUT2D eigenvalue weighted by atomic mass is 9.67. The number of fused-ring (bicyclic) bond motifs is 5. The summed E-state index contributed by atoms with van der Waals surface area (Å²) < 4.78 is 38.9. The molecule has 5 atom stereocenters. The van der Waals surface area contributed by atoms with Gasteiger partial charge in [0.05, 0.1) is 54.8 Å². The van der Waals surface area contributed by atoms with Gasteiger partial charge in [-0.1, -0.05) is 19.9 Å². The maximum atomic E-state index is 13.1. The molecule has 1 amide bonds. The number of carbonyl (C=O) groups is 2. The van der Waals surface area contributed by atoms with Crippen LogP contribution in [-0.2, 0) is 35.0 Å². The van der Waals surface area contributed by atoms with Gasteiger partial charge in [-0.05, 0) is 83.1 Å². The second kappa shape index (κ2) is 18.2. The number of likely N-dealkylation sites (tertiary alicyclic amines) is 1. The maximum absolute atomic E-state index is 13.1. The number of aromatic nitrogens is 3. The number of aliphatic hydroxyl groups is 1. The number of carbonyl (C=O) groups excluding carboxylic acids is 1. The Balaban J connectivity index is 1.07. The number of aliphatic carboxylic acids is 1. The van der Waals surface area contributed by atoms with Gasteiger partial charge in [-0.3, -0.25) is 14.8 Å². The van der Waals surface area contributed by atoms with Crippen molar-refractivity contribution in [1.82, 2.24) is 29.7 Å². The Morgan fingerprint density at radius 3 is 2.42 bits per heavy atom. The molecule has 10 rings (SSSR count). The van der Waals surface area contributed by atoms with Crippen molar-refractivity contribution in [2.24, 2.45) is 10.8 Å². The molecule has 4 saturated heterocycles. The molecule has 3 aromatic heterocycles. The first kappa shape index (κ1) is 48.0. The van der Waals surface area contributed by atoms with Gasteiger partial charge in [-0.2, -0.15) is 0 Å². The van der Waals surface area contributed by atoms with Crippen molar-refractivity contribution in [2.75, 3.05) is 84.3 Å². The van der Waals surface area contributed by atoms with Crippen LogP contribution in [0.15, 0.2) is 41.1 Å². The van der Waals surface area contributed by atoms with Crippen LogP contribution < -0.4 is 10.2 Å². The van der Waals surface area contributed by atoms with E-state index in [2.05, 4.69) is 65.6 Å². The molecule has 17 nitrogen and oxygen atoms in total. The topological polar surface area (TPSA) is 186 Å². The molecule has 1 saturated carbocycles. The predicted octanol–water partition coefficient (Wildman–Crippen LogP) is 6.77. The van der Waals surface area contributed by atoms with E-state index >= 15 is 0 Å². The van der Waals surface area contributed by atoms with Crippen molar-refractivity contribution in [3.8, 4) is 22.5 Å². The number of hydrogen-bond donors (Lipinski definition) is 3. The molecule has 69 heavy (non-hydrogen) atoms. The Morgan fingerprint density at radius 1 is 1.03 bits per heavy atom. The SMILES string of the molecule is CO[C@@H]1c2ncc(N3CCN(C4CC4)CC3)cc2-c2c(c3cc(-c4coc(C([C@H](NC(=O)OC(C)(C)C)C(=O)O)N5CC6(COC6)C5)n4)ccc3n2CCO[C@H]2CCOC(C)(C)C2)C1C(C)(C)CO. The first-order valence-electron chi connectivity index (χ1n) is 24.9. The Hall–Kier alpha value is -4.62. The Bertz CT molecular complexity index is 2540. The normalized spacial score (nSPS) is 24.5. The predicted molar refractivity (Wildman–Crippen MR) is 258 cm³/mol. The number of nitrogens with zero attached hydrogens (tertiary/aromatic N) is 6. The minimum Gasteiger partial charge on any atom is -0.480 e. The highest BCUT2D eigenvalue weighted by molar-refractivity contribution is 5.97. The van der Waals surface area contributed by atoms with E-state index in [1.54, 1.807) is 34.1 Å². The summed E-state index contributed by atoms with van der Waals surface area (Å²) in [4.78, 5) is 43.5. The summed E-state index contributed by atoms with van der Waals surface area (Å²) in [5, 5.41) is 25.4. The van der Waals surface area contributed by atoms with E-state index in [0.29, 0.717) is 51.8 Å². The first-order chi connectivity index (χ1) is 32.9. The van der Waals surface area contributed by atoms with Crippen molar-refractivity contribution >= 4 is 28.7 Å². The van der Waals surface area contributed by atoms with E-state index in [1.165, 1.54) is 12.8 Å². The average molecular weight is 954 g/mol. The van der Waals surface area contributed by atoms with Crippen molar-refractivity contribution in [3.05, 3.63) is 53.9 Å². The number of oxazole rings is 1. The molecule has 2 unspecified atom stereocenters. The van der Waals surface area contributed by atoms with E-state index in [4.69, 9.17) is 38.1 Å². The molecule has 6 aliphatic rings. The number of piperazine rings is 1. The van der Waals surface area contributed by atoms with Gasteiger partial charge in [-0.15, -0.1) is 0 Å². The molecule has 1 spiro atoms. The number of anilines is 1. The van der Waals surface area contributed by atoms with Crippen LogP contribution >= 0.6 is 0 Å². The Labute approximate surface area is 404 Å². The zero-order valence-corrected chi connectivity index (χ0v) is 41.6. The molecule has 7 heterocycles. The average Bonchev–Trinajstić information content (AvgIpc) is 3.93. The van der Waals surface area contributed by atoms with E-state index in [0.717, 1.165) is 89.7 Å². The molecule has 3 N–H and O–H groups in total. The van der Waals surface area contributed by atoms with Gasteiger partial charge in [0, 0.05) is 112 Å². The summed E-state index contributed by atoms with van der Waals surface area (Å²) in [5.74, 6) is -1.38. The number of carboxylic acid groups (broad SMARTS) is 1. The van der Waals surface area contributed by atoms with Crippen LogP contribution in [0.2, 0.25) is 0 Å². The largest absolute Gasteiger partial charge is 0.480 e. The third-order valence-electron chi connectivity index (χ3n) is 15.3. The lowest BCUT2D eigenvalue weighted by Crippen LogP contribution is -2.68. The zero-order chi connectivity index (χ0) is 48.6. The molecule has 4 aliphatic heterocycles. The number of ether oxygens (including phenoxy) is 5. The van der Waals surface area contributed by atoms with Crippen molar-refractivity contribution in [1.29, 1.82) is 0 Å². The maximum Gasteiger partial charge on any atom is 0.408 e. The van der Waals surface area contributed by atoms with Crippen LogP contribution in [0.1, 0.15) is 109 Å². The summed E-state index contributed by atoms with van der Waals surface area (Å²) in [5.41, 5.74) is 5.47. The molecule has 374 valence electrons. The smallest absolute Gasteiger partial charge is 0.408 e. The van der Waals surface area contributed by atoms with Gasteiger partial charge in [0.25, 0.3) is 0 Å². The minimum atomic E-state index is -1.42. The fourth-order valence-corrected chi connectivity index (χ4v) is 11.7. The van der Waals surface area contributed by atoms with Gasteiger partial charge < -0.3 is 53.1 Å². The van der Waals surface area contributed by atoms with Crippen LogP contribution in [-0.4, -0.2) is 155 Å². The van der Waals surface area contributed by atoms with Gasteiger partial charge in [0.2, 0.25) is 5.89 Å². The minimum absolute atomic E-state index is 0.0642. The molecule has 0 bridgehead atoms. The zero-order valence-electron chi connectivity index (χ0n) is 41.6. The van der Waals surface area contributed by atoms with Crippen LogP contribution in [0.4, 0.5) is 10.5 Å².